The van der Waals surface area contributed by atoms with Crippen molar-refractivity contribution in [1.29, 1.82) is 0 Å². The van der Waals surface area contributed by atoms with Crippen LogP contribution in [0.2, 0.25) is 0 Å². The summed E-state index contributed by atoms with van der Waals surface area (Å²) in [6.07, 6.45) is 1.73. The van der Waals surface area contributed by atoms with E-state index in [9.17, 15) is 18.0 Å². The molecular weight excluding hydrogens is 304 g/mol. The quantitative estimate of drug-likeness (QED) is 0.757. The molecule has 0 aromatic heterocycles. The molecule has 0 bridgehead atoms. The van der Waals surface area contributed by atoms with Crippen molar-refractivity contribution in [1.82, 2.24) is 10.2 Å². The highest BCUT2D eigenvalue weighted by Crippen LogP contribution is 2.31. The Morgan fingerprint density at radius 3 is 2.55 bits per heavy atom. The van der Waals surface area contributed by atoms with Crippen molar-refractivity contribution < 1.29 is 23.1 Å². The Bertz CT molecular complexity index is 479. The van der Waals surface area contributed by atoms with E-state index in [1.54, 1.807) is 6.92 Å². The SMILES string of the molecule is CCC1SCC(C(=O)O)N1C(=O)NC(C)CS(C)(=O)=O. The zero-order valence-electron chi connectivity index (χ0n) is 11.7. The highest BCUT2D eigenvalue weighted by Gasteiger charge is 2.41. The average molecular weight is 324 g/mol. The summed E-state index contributed by atoms with van der Waals surface area (Å²) in [6, 6.07) is -1.95. The molecule has 0 radical (unpaired) electrons. The first-order valence-corrected chi connectivity index (χ1v) is 9.37. The Morgan fingerprint density at radius 1 is 1.50 bits per heavy atom. The third-order valence-corrected chi connectivity index (χ3v) is 5.44. The average Bonchev–Trinajstić information content (AvgIpc) is 2.69. The standard InChI is InChI=1S/C11H20N2O5S2/c1-4-9-13(8(5-19-9)10(14)15)11(16)12-7(2)6-20(3,17)18/h7-9H,4-6H2,1-3H3,(H,12,16)(H,14,15). The maximum atomic E-state index is 12.2. The number of hydrogen-bond donors (Lipinski definition) is 2. The van der Waals surface area contributed by atoms with Gasteiger partial charge in [0.15, 0.2) is 0 Å². The lowest BCUT2D eigenvalue weighted by molar-refractivity contribution is -0.141. The van der Waals surface area contributed by atoms with Crippen LogP contribution in [0.3, 0.4) is 0 Å². The van der Waals surface area contributed by atoms with Gasteiger partial charge in [0.25, 0.3) is 0 Å². The maximum Gasteiger partial charge on any atom is 0.327 e. The van der Waals surface area contributed by atoms with Crippen LogP contribution in [0.1, 0.15) is 20.3 Å². The third kappa shape index (κ3) is 4.55. The van der Waals surface area contributed by atoms with Crippen LogP contribution in [0.5, 0.6) is 0 Å². The van der Waals surface area contributed by atoms with E-state index in [1.165, 1.54) is 16.7 Å². The van der Waals surface area contributed by atoms with Crippen LogP contribution in [0.15, 0.2) is 0 Å². The molecule has 0 aliphatic carbocycles. The van der Waals surface area contributed by atoms with Crippen LogP contribution >= 0.6 is 11.8 Å². The summed E-state index contributed by atoms with van der Waals surface area (Å²) >= 11 is 1.42. The van der Waals surface area contributed by atoms with Crippen molar-refractivity contribution in [2.24, 2.45) is 0 Å². The van der Waals surface area contributed by atoms with Crippen LogP contribution in [0, 0.1) is 0 Å². The number of amides is 2. The van der Waals surface area contributed by atoms with E-state index in [2.05, 4.69) is 5.32 Å². The number of urea groups is 1. The summed E-state index contributed by atoms with van der Waals surface area (Å²) in [4.78, 5) is 24.6. The van der Waals surface area contributed by atoms with Gasteiger partial charge < -0.3 is 10.4 Å². The monoisotopic (exact) mass is 324 g/mol. The molecule has 20 heavy (non-hydrogen) atoms. The third-order valence-electron chi connectivity index (χ3n) is 2.88. The number of carboxylic acids is 1. The summed E-state index contributed by atoms with van der Waals surface area (Å²) in [5.41, 5.74) is 0. The maximum absolute atomic E-state index is 12.2. The summed E-state index contributed by atoms with van der Waals surface area (Å²) < 4.78 is 22.3. The minimum absolute atomic E-state index is 0.172. The molecule has 1 aliphatic heterocycles. The number of nitrogens with one attached hydrogen (secondary N) is 1. The number of rotatable bonds is 5. The van der Waals surface area contributed by atoms with Gasteiger partial charge in [-0.2, -0.15) is 0 Å². The number of carbonyl (C=O) groups excluding carboxylic acids is 1. The second-order valence-electron chi connectivity index (χ2n) is 4.90. The fourth-order valence-electron chi connectivity index (χ4n) is 2.12. The van der Waals surface area contributed by atoms with E-state index in [1.807, 2.05) is 6.92 Å². The smallest absolute Gasteiger partial charge is 0.327 e. The van der Waals surface area contributed by atoms with Crippen molar-refractivity contribution >= 4 is 33.6 Å². The van der Waals surface area contributed by atoms with Gasteiger partial charge in [-0.05, 0) is 13.3 Å². The summed E-state index contributed by atoms with van der Waals surface area (Å²) in [5.74, 6) is -0.866. The molecule has 1 aliphatic rings. The highest BCUT2D eigenvalue weighted by molar-refractivity contribution is 8.00. The molecule has 0 saturated carbocycles. The molecule has 2 amide bonds. The van der Waals surface area contributed by atoms with Crippen LogP contribution in [-0.2, 0) is 14.6 Å². The van der Waals surface area contributed by atoms with Gasteiger partial charge in [-0.25, -0.2) is 18.0 Å². The first-order chi connectivity index (χ1) is 9.15. The minimum Gasteiger partial charge on any atom is -0.480 e. The molecule has 1 rings (SSSR count). The number of thioether (sulfide) groups is 1. The summed E-state index contributed by atoms with van der Waals surface area (Å²) in [7, 11) is -3.20. The molecule has 1 saturated heterocycles. The second-order valence-corrected chi connectivity index (χ2v) is 8.30. The first kappa shape index (κ1) is 17.1. The van der Waals surface area contributed by atoms with Crippen LogP contribution < -0.4 is 5.32 Å². The number of nitrogens with zero attached hydrogens (tertiary/aromatic N) is 1. The first-order valence-electron chi connectivity index (χ1n) is 6.26. The Balaban J connectivity index is 2.74. The molecule has 0 aromatic rings. The number of carbonyl (C=O) groups is 2. The molecule has 9 heteroatoms. The molecule has 1 heterocycles. The molecular formula is C11H20N2O5S2. The molecule has 7 nitrogen and oxygen atoms in total. The Morgan fingerprint density at radius 2 is 2.10 bits per heavy atom. The van der Waals surface area contributed by atoms with Gasteiger partial charge in [0.05, 0.1) is 11.1 Å². The van der Waals surface area contributed by atoms with Gasteiger partial charge in [-0.15, -0.1) is 11.8 Å². The van der Waals surface area contributed by atoms with Crippen LogP contribution in [0.4, 0.5) is 4.79 Å². The van der Waals surface area contributed by atoms with Gasteiger partial charge in [-0.1, -0.05) is 6.92 Å². The second kappa shape index (κ2) is 6.66. The lowest BCUT2D eigenvalue weighted by Crippen LogP contribution is -2.52. The predicted octanol–water partition coefficient (Wildman–Crippen LogP) is 0.367. The van der Waals surface area contributed by atoms with Gasteiger partial charge in [0.1, 0.15) is 15.9 Å². The van der Waals surface area contributed by atoms with Crippen LogP contribution in [-0.4, -0.2) is 65.6 Å². The highest BCUT2D eigenvalue weighted by atomic mass is 32.2. The van der Waals surface area contributed by atoms with Gasteiger partial charge in [0, 0.05) is 18.1 Å². The molecule has 3 atom stereocenters. The Labute approximate surface area is 123 Å². The fraction of sp³-hybridized carbons (Fsp3) is 0.818. The minimum atomic E-state index is -3.20. The van der Waals surface area contributed by atoms with E-state index in [0.29, 0.717) is 12.2 Å². The van der Waals surface area contributed by atoms with E-state index in [-0.39, 0.29) is 11.1 Å². The molecule has 1 fully saturated rings. The lowest BCUT2D eigenvalue weighted by atomic mass is 10.2. The van der Waals surface area contributed by atoms with E-state index in [0.717, 1.165) is 6.26 Å². The predicted molar refractivity (Wildman–Crippen MR) is 77.5 cm³/mol. The molecule has 116 valence electrons. The number of carboxylic acid groups (broad SMARTS) is 1. The molecule has 2 N–H and O–H groups in total. The van der Waals surface area contributed by atoms with E-state index >= 15 is 0 Å². The van der Waals surface area contributed by atoms with Crippen molar-refractivity contribution in [3.8, 4) is 0 Å². The van der Waals surface area contributed by atoms with Crippen molar-refractivity contribution in [2.45, 2.75) is 37.7 Å². The summed E-state index contributed by atoms with van der Waals surface area (Å²) in [5, 5.41) is 11.5. The van der Waals surface area contributed by atoms with Gasteiger partial charge in [-0.3, -0.25) is 4.90 Å². The summed E-state index contributed by atoms with van der Waals surface area (Å²) in [6.45, 7) is 3.46. The Hall–Kier alpha value is -0.960. The normalized spacial score (nSPS) is 24.4. The van der Waals surface area contributed by atoms with Crippen molar-refractivity contribution in [3.05, 3.63) is 0 Å². The van der Waals surface area contributed by atoms with Crippen molar-refractivity contribution in [2.75, 3.05) is 17.8 Å². The zero-order chi connectivity index (χ0) is 15.5. The Kier molecular flexibility index (Phi) is 5.69. The largest absolute Gasteiger partial charge is 0.480 e. The zero-order valence-corrected chi connectivity index (χ0v) is 13.3. The number of aliphatic carboxylic acids is 1. The van der Waals surface area contributed by atoms with Gasteiger partial charge >= 0.3 is 12.0 Å². The number of sulfone groups is 1. The van der Waals surface area contributed by atoms with Crippen LogP contribution in [0.25, 0.3) is 0 Å². The van der Waals surface area contributed by atoms with E-state index in [4.69, 9.17) is 5.11 Å². The topological polar surface area (TPSA) is 104 Å². The van der Waals surface area contributed by atoms with Crippen molar-refractivity contribution in [3.63, 3.8) is 0 Å². The fourth-order valence-corrected chi connectivity index (χ4v) is 4.46. The molecule has 0 aromatic carbocycles. The van der Waals surface area contributed by atoms with E-state index < -0.39 is 33.9 Å². The molecule has 3 unspecified atom stereocenters. The number of hydrogen-bond acceptors (Lipinski definition) is 5. The van der Waals surface area contributed by atoms with Gasteiger partial charge in [0.2, 0.25) is 0 Å². The molecule has 0 spiro atoms. The lowest BCUT2D eigenvalue weighted by Gasteiger charge is -2.28.